The Kier molecular flexibility index (Phi) is 5.12. The van der Waals surface area contributed by atoms with Crippen molar-refractivity contribution in [2.24, 2.45) is 5.92 Å². The summed E-state index contributed by atoms with van der Waals surface area (Å²) >= 11 is 0. The van der Waals surface area contributed by atoms with E-state index in [4.69, 9.17) is 0 Å². The molecule has 1 aliphatic heterocycles. The summed E-state index contributed by atoms with van der Waals surface area (Å²) in [5.74, 6) is -0.807. The number of rotatable bonds is 4. The molecule has 2 aromatic rings. The average molecular weight is 340 g/mol. The van der Waals surface area contributed by atoms with Gasteiger partial charge >= 0.3 is 0 Å². The minimum Gasteiger partial charge on any atom is -0.352 e. The van der Waals surface area contributed by atoms with Crippen molar-refractivity contribution in [2.75, 3.05) is 7.05 Å². The second-order valence-corrected chi connectivity index (χ2v) is 6.31. The van der Waals surface area contributed by atoms with Crippen molar-refractivity contribution >= 4 is 11.8 Å². The molecule has 0 bridgehead atoms. The molecule has 2 amide bonds. The molecule has 3 rings (SSSR count). The number of amides is 2. The molecule has 0 spiro atoms. The van der Waals surface area contributed by atoms with E-state index in [1.807, 2.05) is 30.3 Å². The molecular weight excluding hydrogens is 319 g/mol. The number of nitrogens with one attached hydrogen (secondary N) is 1. The summed E-state index contributed by atoms with van der Waals surface area (Å²) in [6.07, 6.45) is 0.837. The van der Waals surface area contributed by atoms with Gasteiger partial charge in [-0.1, -0.05) is 48.5 Å². The first-order valence-corrected chi connectivity index (χ1v) is 8.39. The van der Waals surface area contributed by atoms with Gasteiger partial charge in [0.05, 0.1) is 12.0 Å². The number of hydrogen-bond acceptors (Lipinski definition) is 2. The van der Waals surface area contributed by atoms with E-state index in [2.05, 4.69) is 5.32 Å². The molecule has 0 aromatic heterocycles. The van der Waals surface area contributed by atoms with Gasteiger partial charge in [0.1, 0.15) is 5.82 Å². The van der Waals surface area contributed by atoms with Crippen molar-refractivity contribution in [3.8, 4) is 0 Å². The number of piperidine rings is 1. The molecule has 1 fully saturated rings. The molecule has 0 aliphatic carbocycles. The van der Waals surface area contributed by atoms with E-state index < -0.39 is 0 Å². The third-order valence-electron chi connectivity index (χ3n) is 4.75. The Labute approximate surface area is 146 Å². The predicted molar refractivity (Wildman–Crippen MR) is 92.9 cm³/mol. The molecule has 25 heavy (non-hydrogen) atoms. The minimum atomic E-state index is -0.350. The van der Waals surface area contributed by atoms with Crippen molar-refractivity contribution in [3.05, 3.63) is 71.5 Å². The van der Waals surface area contributed by atoms with Crippen molar-refractivity contribution in [2.45, 2.75) is 25.4 Å². The van der Waals surface area contributed by atoms with Crippen LogP contribution >= 0.6 is 0 Å². The van der Waals surface area contributed by atoms with Gasteiger partial charge in [0.25, 0.3) is 0 Å². The summed E-state index contributed by atoms with van der Waals surface area (Å²) < 4.78 is 13.7. The number of carbonyl (C=O) groups is 2. The standard InChI is InChI=1S/C20H21FN2O2/c1-23-18(24)12-11-16(19(23)14-7-3-2-4-8-14)20(25)22-13-15-9-5-6-10-17(15)21/h2-10,16,19H,11-13H2,1H3,(H,22,25)/t16-,19+/m0/s1. The maximum Gasteiger partial charge on any atom is 0.225 e. The van der Waals surface area contributed by atoms with Gasteiger partial charge in [-0.05, 0) is 18.1 Å². The summed E-state index contributed by atoms with van der Waals surface area (Å²) in [6.45, 7) is 0.140. The lowest BCUT2D eigenvalue weighted by Crippen LogP contribution is -2.46. The summed E-state index contributed by atoms with van der Waals surface area (Å²) in [4.78, 5) is 26.5. The lowest BCUT2D eigenvalue weighted by Gasteiger charge is -2.38. The molecule has 0 unspecified atom stereocenters. The monoisotopic (exact) mass is 340 g/mol. The Morgan fingerprint density at radius 2 is 1.84 bits per heavy atom. The fourth-order valence-corrected chi connectivity index (χ4v) is 3.37. The topological polar surface area (TPSA) is 49.4 Å². The second-order valence-electron chi connectivity index (χ2n) is 6.31. The van der Waals surface area contributed by atoms with Gasteiger partial charge in [-0.2, -0.15) is 0 Å². The van der Waals surface area contributed by atoms with E-state index >= 15 is 0 Å². The van der Waals surface area contributed by atoms with Gasteiger partial charge in [-0.25, -0.2) is 4.39 Å². The van der Waals surface area contributed by atoms with Gasteiger partial charge in [0.2, 0.25) is 11.8 Å². The molecule has 1 N–H and O–H groups in total. The smallest absolute Gasteiger partial charge is 0.225 e. The Balaban J connectivity index is 1.77. The van der Waals surface area contributed by atoms with Crippen LogP contribution in [0.25, 0.3) is 0 Å². The summed E-state index contributed by atoms with van der Waals surface area (Å²) in [7, 11) is 1.73. The van der Waals surface area contributed by atoms with Crippen LogP contribution in [-0.4, -0.2) is 23.8 Å². The summed E-state index contributed by atoms with van der Waals surface area (Å²) in [5, 5.41) is 2.83. The zero-order valence-corrected chi connectivity index (χ0v) is 14.1. The van der Waals surface area contributed by atoms with E-state index in [1.165, 1.54) is 6.07 Å². The number of nitrogens with zero attached hydrogens (tertiary/aromatic N) is 1. The molecule has 130 valence electrons. The molecule has 1 saturated heterocycles. The highest BCUT2D eigenvalue weighted by Gasteiger charge is 2.38. The van der Waals surface area contributed by atoms with E-state index in [0.29, 0.717) is 18.4 Å². The first-order chi connectivity index (χ1) is 12.1. The zero-order valence-electron chi connectivity index (χ0n) is 14.1. The third-order valence-corrected chi connectivity index (χ3v) is 4.75. The van der Waals surface area contributed by atoms with Gasteiger partial charge in [-0.15, -0.1) is 0 Å². The fraction of sp³-hybridized carbons (Fsp3) is 0.300. The van der Waals surface area contributed by atoms with Crippen LogP contribution in [0.2, 0.25) is 0 Å². The Bertz CT molecular complexity index is 763. The van der Waals surface area contributed by atoms with E-state index in [9.17, 15) is 14.0 Å². The average Bonchev–Trinajstić information content (AvgIpc) is 2.63. The largest absolute Gasteiger partial charge is 0.352 e. The SMILES string of the molecule is CN1C(=O)CC[C@H](C(=O)NCc2ccccc2F)[C@H]1c1ccccc1. The summed E-state index contributed by atoms with van der Waals surface area (Å²) in [6, 6.07) is 15.6. The van der Waals surface area contributed by atoms with Crippen molar-refractivity contribution < 1.29 is 14.0 Å². The number of halogens is 1. The molecule has 0 radical (unpaired) electrons. The molecule has 5 heteroatoms. The maximum absolute atomic E-state index is 13.7. The third kappa shape index (κ3) is 3.71. The molecule has 1 aliphatic rings. The van der Waals surface area contributed by atoms with Gasteiger partial charge in [0.15, 0.2) is 0 Å². The normalized spacial score (nSPS) is 20.4. The first kappa shape index (κ1) is 17.1. The fourth-order valence-electron chi connectivity index (χ4n) is 3.37. The Morgan fingerprint density at radius 3 is 2.56 bits per heavy atom. The summed E-state index contributed by atoms with van der Waals surface area (Å²) in [5.41, 5.74) is 1.39. The molecule has 1 heterocycles. The molecule has 0 saturated carbocycles. The second kappa shape index (κ2) is 7.47. The zero-order chi connectivity index (χ0) is 17.8. The Hall–Kier alpha value is -2.69. The quantitative estimate of drug-likeness (QED) is 0.930. The van der Waals surface area contributed by atoms with Crippen LogP contribution in [0.5, 0.6) is 0 Å². The molecule has 4 nitrogen and oxygen atoms in total. The molecule has 2 atom stereocenters. The highest BCUT2D eigenvalue weighted by atomic mass is 19.1. The van der Waals surface area contributed by atoms with Crippen LogP contribution in [0.1, 0.15) is 30.0 Å². The maximum atomic E-state index is 13.7. The number of carbonyl (C=O) groups excluding carboxylic acids is 2. The van der Waals surface area contributed by atoms with Crippen molar-refractivity contribution in [1.82, 2.24) is 10.2 Å². The number of hydrogen-bond donors (Lipinski definition) is 1. The van der Waals surface area contributed by atoms with Crippen LogP contribution in [0.3, 0.4) is 0 Å². The lowest BCUT2D eigenvalue weighted by molar-refractivity contribution is -0.141. The first-order valence-electron chi connectivity index (χ1n) is 8.39. The van der Waals surface area contributed by atoms with E-state index in [0.717, 1.165) is 5.56 Å². The lowest BCUT2D eigenvalue weighted by atomic mass is 9.84. The number of benzene rings is 2. The van der Waals surface area contributed by atoms with Crippen molar-refractivity contribution in [3.63, 3.8) is 0 Å². The van der Waals surface area contributed by atoms with Crippen LogP contribution in [0.15, 0.2) is 54.6 Å². The highest BCUT2D eigenvalue weighted by molar-refractivity contribution is 5.84. The van der Waals surface area contributed by atoms with Gasteiger partial charge in [0, 0.05) is 25.6 Å². The van der Waals surface area contributed by atoms with Crippen LogP contribution < -0.4 is 5.32 Å². The van der Waals surface area contributed by atoms with Crippen LogP contribution in [-0.2, 0) is 16.1 Å². The van der Waals surface area contributed by atoms with Gasteiger partial charge in [-0.3, -0.25) is 9.59 Å². The van der Waals surface area contributed by atoms with Crippen LogP contribution in [0, 0.1) is 11.7 Å². The Morgan fingerprint density at radius 1 is 1.16 bits per heavy atom. The van der Waals surface area contributed by atoms with Gasteiger partial charge < -0.3 is 10.2 Å². The predicted octanol–water partition coefficient (Wildman–Crippen LogP) is 3.05. The highest BCUT2D eigenvalue weighted by Crippen LogP contribution is 2.35. The molecule has 2 aromatic carbocycles. The molecular formula is C20H21FN2O2. The van der Waals surface area contributed by atoms with Crippen LogP contribution in [0.4, 0.5) is 4.39 Å². The number of likely N-dealkylation sites (tertiary alicyclic amines) is 1. The van der Waals surface area contributed by atoms with E-state index in [1.54, 1.807) is 30.1 Å². The van der Waals surface area contributed by atoms with E-state index in [-0.39, 0.29) is 36.1 Å². The minimum absolute atomic E-state index is 0.0343. The van der Waals surface area contributed by atoms with Crippen molar-refractivity contribution in [1.29, 1.82) is 0 Å².